The van der Waals surface area contributed by atoms with Crippen molar-refractivity contribution >= 4 is 23.5 Å². The fraction of sp³-hybridized carbons (Fsp3) is 0.375. The smallest absolute Gasteiger partial charge is 0.416 e. The van der Waals surface area contributed by atoms with Crippen molar-refractivity contribution in [1.82, 2.24) is 4.90 Å². The molecule has 2 rings (SSSR count). The molecule has 7 nitrogen and oxygen atoms in total. The van der Waals surface area contributed by atoms with Crippen molar-refractivity contribution in [2.24, 2.45) is 5.92 Å². The predicted molar refractivity (Wildman–Crippen MR) is 119 cm³/mol. The van der Waals surface area contributed by atoms with E-state index in [1.54, 1.807) is 4.90 Å². The van der Waals surface area contributed by atoms with Gasteiger partial charge in [-0.25, -0.2) is 0 Å². The minimum absolute atomic E-state index is 0.00145. The van der Waals surface area contributed by atoms with Crippen LogP contribution in [0.1, 0.15) is 36.2 Å². The highest BCUT2D eigenvalue weighted by Crippen LogP contribution is 2.30. The van der Waals surface area contributed by atoms with Gasteiger partial charge in [-0.3, -0.25) is 14.4 Å². The Morgan fingerprint density at radius 1 is 1.06 bits per heavy atom. The highest BCUT2D eigenvalue weighted by atomic mass is 19.4. The lowest BCUT2D eigenvalue weighted by Gasteiger charge is -2.24. The van der Waals surface area contributed by atoms with Crippen LogP contribution in [-0.2, 0) is 20.5 Å². The number of ether oxygens (including phenoxy) is 2. The maximum Gasteiger partial charge on any atom is 0.416 e. The summed E-state index contributed by atoms with van der Waals surface area (Å²) in [7, 11) is 1.29. The molecule has 184 valence electrons. The van der Waals surface area contributed by atoms with E-state index in [4.69, 9.17) is 4.74 Å². The molecule has 0 saturated carbocycles. The molecule has 0 radical (unpaired) electrons. The van der Waals surface area contributed by atoms with Gasteiger partial charge >= 0.3 is 12.1 Å². The molecule has 0 bridgehead atoms. The molecule has 0 fully saturated rings. The lowest BCUT2D eigenvalue weighted by molar-refractivity contribution is -0.141. The number of carbonyl (C=O) groups is 3. The van der Waals surface area contributed by atoms with Gasteiger partial charge in [0, 0.05) is 24.3 Å². The number of nitrogens with one attached hydrogen (secondary N) is 1. The Morgan fingerprint density at radius 3 is 2.32 bits per heavy atom. The average molecular weight is 480 g/mol. The molecular weight excluding hydrogens is 453 g/mol. The number of hydrogen-bond acceptors (Lipinski definition) is 5. The molecule has 0 aromatic heterocycles. The first kappa shape index (κ1) is 26.7. The quantitative estimate of drug-likeness (QED) is 0.510. The Bertz CT molecular complexity index is 991. The molecule has 0 atom stereocenters. The van der Waals surface area contributed by atoms with Crippen LogP contribution in [0, 0.1) is 5.92 Å². The first-order valence-corrected chi connectivity index (χ1v) is 10.6. The van der Waals surface area contributed by atoms with Crippen LogP contribution in [0.5, 0.6) is 5.75 Å². The Labute approximate surface area is 195 Å². The summed E-state index contributed by atoms with van der Waals surface area (Å²) in [5.41, 5.74) is -0.488. The van der Waals surface area contributed by atoms with Gasteiger partial charge in [0.25, 0.3) is 11.8 Å². The molecule has 1 N–H and O–H groups in total. The van der Waals surface area contributed by atoms with Crippen LogP contribution in [0.15, 0.2) is 48.5 Å². The summed E-state index contributed by atoms with van der Waals surface area (Å²) in [5.74, 6) is -0.800. The fourth-order valence-corrected chi connectivity index (χ4v) is 3.04. The van der Waals surface area contributed by atoms with E-state index in [0.29, 0.717) is 17.9 Å². The van der Waals surface area contributed by atoms with E-state index in [-0.39, 0.29) is 30.5 Å². The van der Waals surface area contributed by atoms with Crippen molar-refractivity contribution in [3.8, 4) is 5.75 Å². The van der Waals surface area contributed by atoms with Crippen LogP contribution in [0.3, 0.4) is 0 Å². The zero-order valence-electron chi connectivity index (χ0n) is 19.1. The normalized spacial score (nSPS) is 11.1. The number of nitrogens with zero attached hydrogens (tertiary/aromatic N) is 1. The zero-order valence-corrected chi connectivity index (χ0v) is 19.1. The summed E-state index contributed by atoms with van der Waals surface area (Å²) < 4.78 is 48.4. The maximum atomic E-state index is 12.8. The van der Waals surface area contributed by atoms with Crippen molar-refractivity contribution in [2.75, 3.05) is 32.1 Å². The Morgan fingerprint density at radius 2 is 1.74 bits per heavy atom. The van der Waals surface area contributed by atoms with E-state index in [9.17, 15) is 27.6 Å². The number of amides is 2. The van der Waals surface area contributed by atoms with Gasteiger partial charge in [-0.2, -0.15) is 13.2 Å². The van der Waals surface area contributed by atoms with Crippen LogP contribution in [-0.4, -0.2) is 49.5 Å². The minimum Gasteiger partial charge on any atom is -0.484 e. The van der Waals surface area contributed by atoms with Crippen LogP contribution in [0.4, 0.5) is 18.9 Å². The molecule has 2 aromatic rings. The Kier molecular flexibility index (Phi) is 9.47. The third-order valence-corrected chi connectivity index (χ3v) is 4.63. The second-order valence-electron chi connectivity index (χ2n) is 7.91. The molecule has 0 saturated heterocycles. The number of anilines is 1. The van der Waals surface area contributed by atoms with Gasteiger partial charge in [0.15, 0.2) is 6.61 Å². The number of methoxy groups -OCH3 is 1. The van der Waals surface area contributed by atoms with Crippen molar-refractivity contribution in [3.05, 3.63) is 59.7 Å². The summed E-state index contributed by atoms with van der Waals surface area (Å²) in [6.45, 7) is 4.17. The minimum atomic E-state index is -4.51. The molecule has 2 amide bonds. The largest absolute Gasteiger partial charge is 0.484 e. The molecule has 0 spiro atoms. The third-order valence-electron chi connectivity index (χ3n) is 4.63. The molecule has 0 unspecified atom stereocenters. The van der Waals surface area contributed by atoms with Gasteiger partial charge in [-0.05, 0) is 48.4 Å². The number of halogens is 3. The number of esters is 1. The number of hydrogen-bond donors (Lipinski definition) is 1. The first-order valence-electron chi connectivity index (χ1n) is 10.6. The van der Waals surface area contributed by atoms with Gasteiger partial charge in [-0.15, -0.1) is 0 Å². The summed E-state index contributed by atoms with van der Waals surface area (Å²) >= 11 is 0. The van der Waals surface area contributed by atoms with Gasteiger partial charge in [-0.1, -0.05) is 19.9 Å². The summed E-state index contributed by atoms with van der Waals surface area (Å²) in [6.07, 6.45) is -4.43. The standard InChI is InChI=1S/C24H27F3N2O5/c1-16(2)14-29(12-11-22(31)33-3)23(32)17-7-9-20(10-8-17)34-15-21(30)28-19-6-4-5-18(13-19)24(25,26)27/h4-10,13,16H,11-12,14-15H2,1-3H3,(H,28,30). The highest BCUT2D eigenvalue weighted by molar-refractivity contribution is 5.94. The average Bonchev–Trinajstić information content (AvgIpc) is 2.79. The van der Waals surface area contributed by atoms with E-state index < -0.39 is 30.2 Å². The molecule has 0 aliphatic heterocycles. The predicted octanol–water partition coefficient (Wildman–Crippen LogP) is 4.38. The van der Waals surface area contributed by atoms with E-state index >= 15 is 0 Å². The molecule has 2 aromatic carbocycles. The molecule has 10 heteroatoms. The first-order chi connectivity index (χ1) is 16.0. The van der Waals surface area contributed by atoms with E-state index in [0.717, 1.165) is 12.1 Å². The number of alkyl halides is 3. The van der Waals surface area contributed by atoms with Crippen LogP contribution < -0.4 is 10.1 Å². The Balaban J connectivity index is 1.95. The van der Waals surface area contributed by atoms with Crippen LogP contribution >= 0.6 is 0 Å². The van der Waals surface area contributed by atoms with Gasteiger partial charge in [0.1, 0.15) is 5.75 Å². The fourth-order valence-electron chi connectivity index (χ4n) is 3.04. The van der Waals surface area contributed by atoms with E-state index in [1.807, 2.05) is 13.8 Å². The van der Waals surface area contributed by atoms with Crippen LogP contribution in [0.25, 0.3) is 0 Å². The molecular formula is C24H27F3N2O5. The topological polar surface area (TPSA) is 84.9 Å². The monoisotopic (exact) mass is 480 g/mol. The lowest BCUT2D eigenvalue weighted by Crippen LogP contribution is -2.36. The third kappa shape index (κ3) is 8.42. The molecule has 34 heavy (non-hydrogen) atoms. The summed E-state index contributed by atoms with van der Waals surface area (Å²) in [6, 6.07) is 10.4. The van der Waals surface area contributed by atoms with Crippen molar-refractivity contribution in [3.63, 3.8) is 0 Å². The van der Waals surface area contributed by atoms with Gasteiger partial charge in [0.05, 0.1) is 19.1 Å². The second-order valence-corrected chi connectivity index (χ2v) is 7.91. The number of carbonyl (C=O) groups excluding carboxylic acids is 3. The summed E-state index contributed by atoms with van der Waals surface area (Å²) in [5, 5.41) is 2.35. The van der Waals surface area contributed by atoms with Gasteiger partial charge < -0.3 is 19.7 Å². The molecule has 0 heterocycles. The van der Waals surface area contributed by atoms with Gasteiger partial charge in [0.2, 0.25) is 0 Å². The molecule has 0 aliphatic carbocycles. The SMILES string of the molecule is COC(=O)CCN(CC(C)C)C(=O)c1ccc(OCC(=O)Nc2cccc(C(F)(F)F)c2)cc1. The summed E-state index contributed by atoms with van der Waals surface area (Å²) in [4.78, 5) is 37.9. The van der Waals surface area contributed by atoms with E-state index in [1.165, 1.54) is 43.5 Å². The van der Waals surface area contributed by atoms with Crippen LogP contribution in [0.2, 0.25) is 0 Å². The molecule has 0 aliphatic rings. The Hall–Kier alpha value is -3.56. The maximum absolute atomic E-state index is 12.8. The second kappa shape index (κ2) is 12.1. The number of rotatable bonds is 10. The van der Waals surface area contributed by atoms with Crippen molar-refractivity contribution < 1.29 is 37.0 Å². The van der Waals surface area contributed by atoms with Crippen molar-refractivity contribution in [1.29, 1.82) is 0 Å². The lowest BCUT2D eigenvalue weighted by atomic mass is 10.1. The highest BCUT2D eigenvalue weighted by Gasteiger charge is 2.30. The van der Waals surface area contributed by atoms with E-state index in [2.05, 4.69) is 10.1 Å². The number of benzene rings is 2. The van der Waals surface area contributed by atoms with Crippen molar-refractivity contribution in [2.45, 2.75) is 26.4 Å². The zero-order chi connectivity index (χ0) is 25.3.